The predicted molar refractivity (Wildman–Crippen MR) is 198 cm³/mol. The highest BCUT2D eigenvalue weighted by molar-refractivity contribution is 6.41. The van der Waals surface area contributed by atoms with Crippen LogP contribution in [0.1, 0.15) is 38.5 Å². The van der Waals surface area contributed by atoms with Crippen molar-refractivity contribution in [2.24, 2.45) is 5.41 Å². The van der Waals surface area contributed by atoms with Gasteiger partial charge >= 0.3 is 0 Å². The van der Waals surface area contributed by atoms with E-state index in [-0.39, 0.29) is 0 Å². The van der Waals surface area contributed by atoms with Gasteiger partial charge in [0.25, 0.3) is 0 Å². The Hall–Kier alpha value is -4.25. The molecule has 1 spiro atoms. The van der Waals surface area contributed by atoms with E-state index in [0.29, 0.717) is 55.2 Å². The Bertz CT molecular complexity index is 2070. The molecule has 2 saturated heterocycles. The Labute approximate surface area is 301 Å². The molecule has 1 amide bonds. The van der Waals surface area contributed by atoms with E-state index in [1.54, 1.807) is 33.6 Å². The molecule has 50 heavy (non-hydrogen) atoms. The van der Waals surface area contributed by atoms with Crippen molar-refractivity contribution in [3.8, 4) is 39.6 Å². The van der Waals surface area contributed by atoms with E-state index in [1.165, 1.54) is 38.8 Å². The van der Waals surface area contributed by atoms with Gasteiger partial charge in [0.1, 0.15) is 22.9 Å². The number of rotatable bonds is 9. The van der Waals surface area contributed by atoms with E-state index in [4.69, 9.17) is 42.4 Å². The van der Waals surface area contributed by atoms with Crippen molar-refractivity contribution in [1.82, 2.24) is 19.3 Å². The number of likely N-dealkylation sites (tertiary alicyclic amines) is 1. The number of halogens is 2. The monoisotopic (exact) mass is 714 g/mol. The normalized spacial score (nSPS) is 17.7. The van der Waals surface area contributed by atoms with Crippen LogP contribution >= 0.6 is 23.2 Å². The number of pyridine rings is 2. The number of fused-ring (bicyclic) bond motifs is 3. The summed E-state index contributed by atoms with van der Waals surface area (Å²) in [6.07, 6.45) is 13.8. The summed E-state index contributed by atoms with van der Waals surface area (Å²) in [5, 5.41) is 4.53. The van der Waals surface area contributed by atoms with Crippen molar-refractivity contribution in [3.05, 3.63) is 59.0 Å². The van der Waals surface area contributed by atoms with Gasteiger partial charge in [-0.2, -0.15) is 0 Å². The average molecular weight is 716 g/mol. The summed E-state index contributed by atoms with van der Waals surface area (Å²) < 4.78 is 19.0. The summed E-state index contributed by atoms with van der Waals surface area (Å²) >= 11 is 13.7. The minimum absolute atomic E-state index is 0.356. The number of hydrogen-bond acceptors (Lipinski definition) is 8. The number of ether oxygens (including phenoxy) is 3. The van der Waals surface area contributed by atoms with E-state index < -0.39 is 0 Å². The fourth-order valence-electron chi connectivity index (χ4n) is 8.05. The molecule has 3 fully saturated rings. The van der Waals surface area contributed by atoms with E-state index in [0.717, 1.165) is 66.2 Å². The highest BCUT2D eigenvalue weighted by Crippen LogP contribution is 2.49. The van der Waals surface area contributed by atoms with Crippen molar-refractivity contribution < 1.29 is 19.0 Å². The van der Waals surface area contributed by atoms with Crippen molar-refractivity contribution in [2.45, 2.75) is 44.6 Å². The number of piperidine rings is 2. The van der Waals surface area contributed by atoms with Crippen LogP contribution in [0.5, 0.6) is 17.2 Å². The second-order valence-corrected chi connectivity index (χ2v) is 14.4. The van der Waals surface area contributed by atoms with Crippen LogP contribution < -0.4 is 24.4 Å². The van der Waals surface area contributed by atoms with Crippen LogP contribution in [-0.4, -0.2) is 79.2 Å². The second-order valence-electron chi connectivity index (χ2n) is 13.7. The van der Waals surface area contributed by atoms with E-state index in [9.17, 15) is 4.79 Å². The molecule has 0 unspecified atom stereocenters. The molecule has 1 aliphatic carbocycles. The molecule has 8 rings (SSSR count). The molecule has 0 bridgehead atoms. The van der Waals surface area contributed by atoms with Gasteiger partial charge in [-0.25, -0.2) is 4.98 Å². The maximum atomic E-state index is 11.9. The molecule has 5 aromatic rings. The third kappa shape index (κ3) is 5.67. The average Bonchev–Trinajstić information content (AvgIpc) is 3.87. The predicted octanol–water partition coefficient (Wildman–Crippen LogP) is 7.96. The van der Waals surface area contributed by atoms with Crippen LogP contribution in [0.4, 0.5) is 11.4 Å². The molecule has 2 aromatic carbocycles. The Morgan fingerprint density at radius 2 is 1.52 bits per heavy atom. The number of nitrogens with one attached hydrogen (secondary N) is 1. The fraction of sp³-hybridized carbons (Fsp3) is 0.395. The lowest BCUT2D eigenvalue weighted by Gasteiger charge is -2.47. The van der Waals surface area contributed by atoms with Crippen LogP contribution in [0.3, 0.4) is 0 Å². The SMILES string of the molecule is COc1cc(N2CCC3(CC2)CCN(C2CC2)CC3)c(NC=O)cc1-c1cc2c(cn1)cc(-c1c(Cl)c(OC)cc(OC)c1Cl)c1nccn12. The molecule has 10 nitrogen and oxygen atoms in total. The molecular formula is C38H40Cl2N6O4. The lowest BCUT2D eigenvalue weighted by atomic mass is 9.71. The van der Waals surface area contributed by atoms with Crippen molar-refractivity contribution in [1.29, 1.82) is 0 Å². The van der Waals surface area contributed by atoms with Gasteiger partial charge in [0, 0.05) is 71.9 Å². The molecule has 1 saturated carbocycles. The standard InChI is InChI=1S/C38H40Cl2N6O4/c1-48-31-19-30(45-13-8-38(9-14-45)6-11-44(12-7-38)24-4-5-24)28(43-22-47)17-25(31)27-18-29-23(21-42-27)16-26(37-41-10-15-46(29)37)34-35(39)32(49-2)20-33(50-3)36(34)40/h10,15-22,24H,4-9,11-14H2,1-3H3,(H,43,47). The minimum Gasteiger partial charge on any atom is -0.496 e. The van der Waals surface area contributed by atoms with E-state index in [1.807, 2.05) is 41.1 Å². The number of amides is 1. The number of carbonyl (C=O) groups excluding carboxylic acids is 1. The zero-order chi connectivity index (χ0) is 34.6. The van der Waals surface area contributed by atoms with Gasteiger partial charge in [0.15, 0.2) is 0 Å². The molecule has 260 valence electrons. The van der Waals surface area contributed by atoms with Gasteiger partial charge in [-0.3, -0.25) is 14.2 Å². The van der Waals surface area contributed by atoms with Crippen LogP contribution in [0.25, 0.3) is 38.9 Å². The van der Waals surface area contributed by atoms with Gasteiger partial charge in [0.05, 0.1) is 54.0 Å². The molecule has 1 N–H and O–H groups in total. The van der Waals surface area contributed by atoms with Crippen molar-refractivity contribution >= 4 is 57.5 Å². The van der Waals surface area contributed by atoms with Gasteiger partial charge in [-0.15, -0.1) is 0 Å². The number of anilines is 2. The lowest BCUT2D eigenvalue weighted by Crippen LogP contribution is -2.47. The first-order valence-corrected chi connectivity index (χ1v) is 17.9. The molecule has 0 radical (unpaired) electrons. The van der Waals surface area contributed by atoms with Gasteiger partial charge in [0.2, 0.25) is 6.41 Å². The third-order valence-corrected chi connectivity index (χ3v) is 11.8. The largest absolute Gasteiger partial charge is 0.496 e. The summed E-state index contributed by atoms with van der Waals surface area (Å²) in [6.45, 7) is 4.35. The number of benzene rings is 2. The lowest BCUT2D eigenvalue weighted by molar-refractivity contribution is -0.105. The van der Waals surface area contributed by atoms with Gasteiger partial charge < -0.3 is 29.3 Å². The molecule has 12 heteroatoms. The highest BCUT2D eigenvalue weighted by atomic mass is 35.5. The summed E-state index contributed by atoms with van der Waals surface area (Å²) in [5.41, 5.74) is 6.37. The molecule has 3 aliphatic rings. The Morgan fingerprint density at radius 1 is 0.840 bits per heavy atom. The molecular weight excluding hydrogens is 675 g/mol. The van der Waals surface area contributed by atoms with Crippen molar-refractivity contribution in [3.63, 3.8) is 0 Å². The molecule has 5 heterocycles. The van der Waals surface area contributed by atoms with E-state index in [2.05, 4.69) is 20.1 Å². The highest BCUT2D eigenvalue weighted by Gasteiger charge is 2.41. The summed E-state index contributed by atoms with van der Waals surface area (Å²) in [7, 11) is 4.77. The van der Waals surface area contributed by atoms with Crippen LogP contribution in [0.2, 0.25) is 10.0 Å². The quantitative estimate of drug-likeness (QED) is 0.154. The number of imidazole rings is 1. The second kappa shape index (κ2) is 13.1. The van der Waals surface area contributed by atoms with E-state index >= 15 is 0 Å². The first kappa shape index (κ1) is 32.9. The Morgan fingerprint density at radius 3 is 2.16 bits per heavy atom. The minimum atomic E-state index is 0.356. The van der Waals surface area contributed by atoms with Crippen LogP contribution in [0.15, 0.2) is 48.9 Å². The van der Waals surface area contributed by atoms with Gasteiger partial charge in [-0.05, 0) is 75.2 Å². The third-order valence-electron chi connectivity index (χ3n) is 11.1. The number of hydrogen-bond donors (Lipinski definition) is 1. The first-order chi connectivity index (χ1) is 24.4. The molecule has 3 aromatic heterocycles. The number of methoxy groups -OCH3 is 3. The number of aromatic nitrogens is 3. The van der Waals surface area contributed by atoms with Gasteiger partial charge in [-0.1, -0.05) is 23.2 Å². The zero-order valence-corrected chi connectivity index (χ0v) is 30.0. The topological polar surface area (TPSA) is 93.5 Å². The maximum Gasteiger partial charge on any atom is 0.211 e. The summed E-state index contributed by atoms with van der Waals surface area (Å²) in [4.78, 5) is 26.6. The Balaban J connectivity index is 1.15. The summed E-state index contributed by atoms with van der Waals surface area (Å²) in [5.74, 6) is 1.56. The number of nitrogens with zero attached hydrogens (tertiary/aromatic N) is 5. The van der Waals surface area contributed by atoms with Crippen LogP contribution in [0, 0.1) is 5.41 Å². The number of carbonyl (C=O) groups is 1. The van der Waals surface area contributed by atoms with Crippen LogP contribution in [-0.2, 0) is 4.79 Å². The maximum absolute atomic E-state index is 11.9. The smallest absolute Gasteiger partial charge is 0.211 e. The zero-order valence-electron chi connectivity index (χ0n) is 28.5. The Kier molecular flexibility index (Phi) is 8.65. The molecule has 2 aliphatic heterocycles. The summed E-state index contributed by atoms with van der Waals surface area (Å²) in [6, 6.07) is 10.5. The first-order valence-electron chi connectivity index (χ1n) is 17.1. The molecule has 0 atom stereocenters. The van der Waals surface area contributed by atoms with Crippen molar-refractivity contribution in [2.75, 3.05) is 57.7 Å². The fourth-order valence-corrected chi connectivity index (χ4v) is 8.75.